The van der Waals surface area contributed by atoms with E-state index < -0.39 is 21.7 Å². The lowest BCUT2D eigenvalue weighted by atomic mass is 9.96. The van der Waals surface area contributed by atoms with E-state index in [1.165, 1.54) is 13.0 Å². The Morgan fingerprint density at radius 3 is 2.70 bits per heavy atom. The summed E-state index contributed by atoms with van der Waals surface area (Å²) in [5, 5.41) is 5.42. The molecule has 1 saturated heterocycles. The molecule has 9 heteroatoms. The molecule has 1 heterocycles. The van der Waals surface area contributed by atoms with Crippen molar-refractivity contribution in [2.75, 3.05) is 18.4 Å². The van der Waals surface area contributed by atoms with E-state index in [0.717, 1.165) is 25.1 Å². The topological polar surface area (TPSA) is 87.3 Å². The SMILES string of the molecule is CC(=O)Nc1cc(S(=O)(=O)NC2CNCCC2C)ccc1F.Cl. The highest BCUT2D eigenvalue weighted by atomic mass is 35.5. The molecule has 3 N–H and O–H groups in total. The summed E-state index contributed by atoms with van der Waals surface area (Å²) in [6.07, 6.45) is 0.883. The minimum absolute atomic E-state index is 0. The summed E-state index contributed by atoms with van der Waals surface area (Å²) in [5.74, 6) is -0.931. The predicted octanol–water partition coefficient (Wildman–Crippen LogP) is 1.48. The Balaban J connectivity index is 0.00000264. The van der Waals surface area contributed by atoms with Gasteiger partial charge in [0.2, 0.25) is 15.9 Å². The van der Waals surface area contributed by atoms with Crippen LogP contribution in [-0.2, 0) is 14.8 Å². The highest BCUT2D eigenvalue weighted by molar-refractivity contribution is 7.89. The van der Waals surface area contributed by atoms with Crippen LogP contribution in [0, 0.1) is 11.7 Å². The fraction of sp³-hybridized carbons (Fsp3) is 0.500. The Labute approximate surface area is 141 Å². The summed E-state index contributed by atoms with van der Waals surface area (Å²) in [4.78, 5) is 11.0. The highest BCUT2D eigenvalue weighted by Gasteiger charge is 2.27. The fourth-order valence-corrected chi connectivity index (χ4v) is 3.74. The molecular weight excluding hydrogens is 345 g/mol. The van der Waals surface area contributed by atoms with Crippen molar-refractivity contribution in [1.29, 1.82) is 0 Å². The van der Waals surface area contributed by atoms with Crippen LogP contribution >= 0.6 is 12.4 Å². The molecule has 1 aliphatic heterocycles. The molecule has 6 nitrogen and oxygen atoms in total. The molecule has 1 aromatic rings. The largest absolute Gasteiger partial charge is 0.324 e. The zero-order valence-electron chi connectivity index (χ0n) is 12.9. The first-order valence-corrected chi connectivity index (χ1v) is 8.58. The smallest absolute Gasteiger partial charge is 0.240 e. The number of halogens is 2. The molecular formula is C14H21ClFN3O3S. The molecule has 2 unspecified atom stereocenters. The highest BCUT2D eigenvalue weighted by Crippen LogP contribution is 2.21. The molecule has 0 bridgehead atoms. The molecule has 130 valence electrons. The maximum absolute atomic E-state index is 13.6. The van der Waals surface area contributed by atoms with Gasteiger partial charge >= 0.3 is 0 Å². The molecule has 1 aromatic carbocycles. The fourth-order valence-electron chi connectivity index (χ4n) is 2.37. The second-order valence-corrected chi connectivity index (χ2v) is 7.23. The van der Waals surface area contributed by atoms with Gasteiger partial charge in [-0.3, -0.25) is 4.79 Å². The third-order valence-corrected chi connectivity index (χ3v) is 5.18. The Bertz CT molecular complexity index is 669. The molecule has 2 rings (SSSR count). The van der Waals surface area contributed by atoms with Gasteiger partial charge in [-0.2, -0.15) is 0 Å². The Hall–Kier alpha value is -1.22. The molecule has 0 saturated carbocycles. The van der Waals surface area contributed by atoms with E-state index in [4.69, 9.17) is 0 Å². The zero-order chi connectivity index (χ0) is 16.3. The molecule has 2 atom stereocenters. The van der Waals surface area contributed by atoms with Gasteiger partial charge in [0.1, 0.15) is 5.82 Å². The van der Waals surface area contributed by atoms with Gasteiger partial charge in [0.15, 0.2) is 0 Å². The minimum atomic E-state index is -3.78. The van der Waals surface area contributed by atoms with Crippen LogP contribution in [0.1, 0.15) is 20.3 Å². The van der Waals surface area contributed by atoms with Crippen molar-refractivity contribution in [3.63, 3.8) is 0 Å². The number of hydrogen-bond donors (Lipinski definition) is 3. The first kappa shape index (κ1) is 19.8. The third-order valence-electron chi connectivity index (χ3n) is 3.69. The van der Waals surface area contributed by atoms with E-state index in [9.17, 15) is 17.6 Å². The first-order chi connectivity index (χ1) is 10.3. The second kappa shape index (κ2) is 8.05. The van der Waals surface area contributed by atoms with Gasteiger partial charge < -0.3 is 10.6 Å². The van der Waals surface area contributed by atoms with Crippen LogP contribution in [-0.4, -0.2) is 33.5 Å². The van der Waals surface area contributed by atoms with Gasteiger partial charge in [0, 0.05) is 19.5 Å². The minimum Gasteiger partial charge on any atom is -0.324 e. The average molecular weight is 366 g/mol. The van der Waals surface area contributed by atoms with Crippen molar-refractivity contribution < 1.29 is 17.6 Å². The summed E-state index contributed by atoms with van der Waals surface area (Å²) in [6.45, 7) is 4.64. The van der Waals surface area contributed by atoms with Crippen LogP contribution in [0.3, 0.4) is 0 Å². The van der Waals surface area contributed by atoms with Crippen LogP contribution in [0.15, 0.2) is 23.1 Å². The number of rotatable bonds is 4. The standard InChI is InChI=1S/C14H20FN3O3S.ClH/c1-9-5-6-16-8-14(9)18-22(20,21)11-3-4-12(15)13(7-11)17-10(2)19;/h3-4,7,9,14,16,18H,5-6,8H2,1-2H3,(H,17,19);1H. The maximum atomic E-state index is 13.6. The van der Waals surface area contributed by atoms with Gasteiger partial charge in [-0.1, -0.05) is 6.92 Å². The predicted molar refractivity (Wildman–Crippen MR) is 88.7 cm³/mol. The van der Waals surface area contributed by atoms with E-state index in [2.05, 4.69) is 15.4 Å². The van der Waals surface area contributed by atoms with Crippen LogP contribution in [0.25, 0.3) is 0 Å². The van der Waals surface area contributed by atoms with E-state index >= 15 is 0 Å². The van der Waals surface area contributed by atoms with Crippen molar-refractivity contribution in [1.82, 2.24) is 10.0 Å². The lowest BCUT2D eigenvalue weighted by molar-refractivity contribution is -0.114. The number of sulfonamides is 1. The third kappa shape index (κ3) is 5.13. The summed E-state index contributed by atoms with van der Waals surface area (Å²) in [5.41, 5.74) is -0.148. The lowest BCUT2D eigenvalue weighted by Gasteiger charge is -2.30. The zero-order valence-corrected chi connectivity index (χ0v) is 14.6. The summed E-state index contributed by atoms with van der Waals surface area (Å²) >= 11 is 0. The molecule has 0 spiro atoms. The number of anilines is 1. The van der Waals surface area contributed by atoms with Crippen molar-refractivity contribution in [2.24, 2.45) is 5.92 Å². The summed E-state index contributed by atoms with van der Waals surface area (Å²) < 4.78 is 41.1. The number of hydrogen-bond acceptors (Lipinski definition) is 4. The lowest BCUT2D eigenvalue weighted by Crippen LogP contribution is -2.50. The molecule has 23 heavy (non-hydrogen) atoms. The molecule has 1 aliphatic rings. The van der Waals surface area contributed by atoms with Crippen molar-refractivity contribution in [2.45, 2.75) is 31.2 Å². The Morgan fingerprint density at radius 1 is 1.39 bits per heavy atom. The van der Waals surface area contributed by atoms with Crippen molar-refractivity contribution in [3.05, 3.63) is 24.0 Å². The van der Waals surface area contributed by atoms with Crippen molar-refractivity contribution in [3.8, 4) is 0 Å². The maximum Gasteiger partial charge on any atom is 0.240 e. The second-order valence-electron chi connectivity index (χ2n) is 5.52. The van der Waals surface area contributed by atoms with E-state index in [1.54, 1.807) is 0 Å². The normalized spacial score (nSPS) is 21.3. The molecule has 0 radical (unpaired) electrons. The molecule has 1 amide bonds. The monoisotopic (exact) mass is 365 g/mol. The van der Waals surface area contributed by atoms with E-state index in [-0.39, 0.29) is 34.9 Å². The number of benzene rings is 1. The molecule has 0 aliphatic carbocycles. The molecule has 1 fully saturated rings. The van der Waals surface area contributed by atoms with Gasteiger partial charge in [0.25, 0.3) is 0 Å². The number of amides is 1. The quantitative estimate of drug-likeness (QED) is 0.754. The van der Waals surface area contributed by atoms with Crippen LogP contribution < -0.4 is 15.4 Å². The first-order valence-electron chi connectivity index (χ1n) is 7.10. The van der Waals surface area contributed by atoms with Crippen LogP contribution in [0.5, 0.6) is 0 Å². The number of nitrogens with one attached hydrogen (secondary N) is 3. The Kier molecular flexibility index (Phi) is 6.94. The van der Waals surface area contributed by atoms with Crippen LogP contribution in [0.2, 0.25) is 0 Å². The van der Waals surface area contributed by atoms with Gasteiger partial charge in [-0.25, -0.2) is 17.5 Å². The number of carbonyl (C=O) groups excluding carboxylic acids is 1. The summed E-state index contributed by atoms with van der Waals surface area (Å²) in [7, 11) is -3.78. The van der Waals surface area contributed by atoms with Gasteiger partial charge in [0.05, 0.1) is 10.6 Å². The van der Waals surface area contributed by atoms with Crippen molar-refractivity contribution >= 4 is 34.0 Å². The summed E-state index contributed by atoms with van der Waals surface area (Å²) in [6, 6.07) is 3.12. The van der Waals surface area contributed by atoms with E-state index in [0.29, 0.717) is 6.54 Å². The Morgan fingerprint density at radius 2 is 2.09 bits per heavy atom. The number of piperidine rings is 1. The van der Waals surface area contributed by atoms with Gasteiger partial charge in [-0.15, -0.1) is 12.4 Å². The molecule has 0 aromatic heterocycles. The average Bonchev–Trinajstić information content (AvgIpc) is 2.43. The van der Waals surface area contributed by atoms with Gasteiger partial charge in [-0.05, 0) is 37.1 Å². The number of carbonyl (C=O) groups is 1. The van der Waals surface area contributed by atoms with Crippen LogP contribution in [0.4, 0.5) is 10.1 Å². The van der Waals surface area contributed by atoms with E-state index in [1.807, 2.05) is 6.92 Å².